The fourth-order valence-corrected chi connectivity index (χ4v) is 2.24. The summed E-state index contributed by atoms with van der Waals surface area (Å²) in [5.41, 5.74) is 6.32. The third-order valence-corrected chi connectivity index (χ3v) is 3.82. The van der Waals surface area contributed by atoms with Crippen LogP contribution in [0.5, 0.6) is 0 Å². The van der Waals surface area contributed by atoms with E-state index in [4.69, 9.17) is 22.2 Å². The fraction of sp³-hybridized carbons (Fsp3) is 0.0667. The number of nitrogens with zero attached hydrogens (tertiary/aromatic N) is 1. The first-order chi connectivity index (χ1) is 10.5. The number of carbonyl (C=O) groups is 1. The number of hydrogen-bond acceptors (Lipinski definition) is 4. The molecule has 2 aromatic carbocycles. The number of benzene rings is 2. The van der Waals surface area contributed by atoms with Gasteiger partial charge in [-0.1, -0.05) is 16.8 Å². The van der Waals surface area contributed by atoms with E-state index < -0.39 is 11.8 Å². The van der Waals surface area contributed by atoms with Gasteiger partial charge in [-0.3, -0.25) is 0 Å². The molecule has 0 heterocycles. The summed E-state index contributed by atoms with van der Waals surface area (Å²) in [6.07, 6.45) is 1.88. The van der Waals surface area contributed by atoms with Crippen LogP contribution in [0, 0.1) is 5.82 Å². The molecular weight excluding hydrogens is 327 g/mol. The van der Waals surface area contributed by atoms with Gasteiger partial charge in [0.15, 0.2) is 5.84 Å². The lowest BCUT2D eigenvalue weighted by molar-refractivity contribution is 0.0516. The van der Waals surface area contributed by atoms with Crippen molar-refractivity contribution in [3.63, 3.8) is 0 Å². The lowest BCUT2D eigenvalue weighted by atomic mass is 10.2. The summed E-state index contributed by atoms with van der Waals surface area (Å²) < 4.78 is 12.8. The molecule has 0 bridgehead atoms. The first-order valence-electron chi connectivity index (χ1n) is 6.15. The van der Waals surface area contributed by atoms with Gasteiger partial charge in [0, 0.05) is 10.5 Å². The Morgan fingerprint density at radius 1 is 1.27 bits per heavy atom. The van der Waals surface area contributed by atoms with Crippen LogP contribution in [-0.2, 0) is 4.84 Å². The van der Waals surface area contributed by atoms with Crippen molar-refractivity contribution in [3.8, 4) is 0 Å². The number of oxime groups is 1. The van der Waals surface area contributed by atoms with Crippen LogP contribution in [-0.4, -0.2) is 18.1 Å². The van der Waals surface area contributed by atoms with Crippen LogP contribution >= 0.6 is 23.4 Å². The van der Waals surface area contributed by atoms with Gasteiger partial charge in [-0.2, -0.15) is 0 Å². The van der Waals surface area contributed by atoms with E-state index in [-0.39, 0.29) is 16.4 Å². The van der Waals surface area contributed by atoms with Crippen LogP contribution in [0.3, 0.4) is 0 Å². The van der Waals surface area contributed by atoms with Gasteiger partial charge in [0.1, 0.15) is 5.82 Å². The summed E-state index contributed by atoms with van der Waals surface area (Å²) in [7, 11) is 0. The van der Waals surface area contributed by atoms with Crippen molar-refractivity contribution in [2.45, 2.75) is 4.90 Å². The van der Waals surface area contributed by atoms with Gasteiger partial charge in [-0.15, -0.1) is 11.8 Å². The van der Waals surface area contributed by atoms with E-state index >= 15 is 0 Å². The molecule has 2 rings (SSSR count). The molecule has 2 aromatic rings. The van der Waals surface area contributed by atoms with Crippen molar-refractivity contribution in [3.05, 3.63) is 64.4 Å². The lowest BCUT2D eigenvalue weighted by Crippen LogP contribution is -2.15. The highest BCUT2D eigenvalue weighted by atomic mass is 35.5. The van der Waals surface area contributed by atoms with Crippen LogP contribution in [0.2, 0.25) is 5.02 Å². The van der Waals surface area contributed by atoms with E-state index in [0.717, 1.165) is 4.90 Å². The summed E-state index contributed by atoms with van der Waals surface area (Å²) in [6.45, 7) is 0. The molecule has 0 spiro atoms. The molecule has 0 saturated carbocycles. The summed E-state index contributed by atoms with van der Waals surface area (Å²) in [6, 6.07) is 10.3. The van der Waals surface area contributed by atoms with E-state index in [1.807, 2.05) is 6.26 Å². The number of thioether (sulfide) groups is 1. The molecule has 0 aliphatic heterocycles. The summed E-state index contributed by atoms with van der Waals surface area (Å²) in [5.74, 6) is -1.15. The molecule has 7 heteroatoms. The predicted octanol–water partition coefficient (Wildman–Crippen LogP) is 3.68. The Kier molecular flexibility index (Phi) is 5.41. The number of rotatable bonds is 4. The standard InChI is InChI=1S/C15H12ClFN2O2S/c1-22-11-6-7-13(16)12(8-11)15(20)21-19-14(18)9-2-4-10(17)5-3-9/h2-8H,1H3,(H2,18,19). The zero-order valence-electron chi connectivity index (χ0n) is 11.5. The van der Waals surface area contributed by atoms with Crippen molar-refractivity contribution < 1.29 is 14.0 Å². The molecule has 4 nitrogen and oxygen atoms in total. The summed E-state index contributed by atoms with van der Waals surface area (Å²) in [5, 5.41) is 3.82. The maximum Gasteiger partial charge on any atom is 0.367 e. The van der Waals surface area contributed by atoms with Crippen LogP contribution in [0.1, 0.15) is 15.9 Å². The monoisotopic (exact) mass is 338 g/mol. The molecule has 0 saturated heterocycles. The molecule has 114 valence electrons. The molecule has 0 unspecified atom stereocenters. The average Bonchev–Trinajstić information content (AvgIpc) is 2.53. The van der Waals surface area contributed by atoms with Gasteiger partial charge >= 0.3 is 5.97 Å². The maximum absolute atomic E-state index is 12.8. The van der Waals surface area contributed by atoms with E-state index in [2.05, 4.69) is 5.16 Å². The Hall–Kier alpha value is -2.05. The van der Waals surface area contributed by atoms with Gasteiger partial charge in [0.2, 0.25) is 0 Å². The molecule has 0 aliphatic rings. The average molecular weight is 339 g/mol. The molecule has 2 N–H and O–H groups in total. The smallest absolute Gasteiger partial charge is 0.367 e. The normalized spacial score (nSPS) is 11.3. The Morgan fingerprint density at radius 2 is 1.95 bits per heavy atom. The van der Waals surface area contributed by atoms with Crippen molar-refractivity contribution in [1.29, 1.82) is 0 Å². The van der Waals surface area contributed by atoms with E-state index in [9.17, 15) is 9.18 Å². The first-order valence-corrected chi connectivity index (χ1v) is 7.76. The van der Waals surface area contributed by atoms with Crippen molar-refractivity contribution in [2.75, 3.05) is 6.26 Å². The second-order valence-electron chi connectivity index (χ2n) is 4.21. The maximum atomic E-state index is 12.8. The third kappa shape index (κ3) is 3.99. The fourth-order valence-electron chi connectivity index (χ4n) is 1.60. The van der Waals surface area contributed by atoms with Gasteiger partial charge < -0.3 is 10.6 Å². The number of amidine groups is 1. The molecule has 0 aromatic heterocycles. The number of nitrogens with two attached hydrogens (primary N) is 1. The van der Waals surface area contributed by atoms with E-state index in [1.54, 1.807) is 18.2 Å². The second-order valence-corrected chi connectivity index (χ2v) is 5.49. The quantitative estimate of drug-likeness (QED) is 0.304. The predicted molar refractivity (Wildman–Crippen MR) is 85.8 cm³/mol. The summed E-state index contributed by atoms with van der Waals surface area (Å²) >= 11 is 7.44. The van der Waals surface area contributed by atoms with Crippen LogP contribution in [0.25, 0.3) is 0 Å². The van der Waals surface area contributed by atoms with E-state index in [1.165, 1.54) is 36.0 Å². The Morgan fingerprint density at radius 3 is 2.59 bits per heavy atom. The van der Waals surface area contributed by atoms with E-state index in [0.29, 0.717) is 5.56 Å². The molecular formula is C15H12ClFN2O2S. The largest absolute Gasteiger partial charge is 0.380 e. The molecule has 0 radical (unpaired) electrons. The first kappa shape index (κ1) is 16.3. The van der Waals surface area contributed by atoms with Crippen molar-refractivity contribution in [2.24, 2.45) is 10.9 Å². The third-order valence-electron chi connectivity index (χ3n) is 2.76. The Bertz CT molecular complexity index is 720. The molecule has 0 amide bonds. The van der Waals surface area contributed by atoms with Gasteiger partial charge in [-0.25, -0.2) is 9.18 Å². The van der Waals surface area contributed by atoms with Gasteiger partial charge in [-0.05, 0) is 48.7 Å². The minimum atomic E-state index is -0.717. The van der Waals surface area contributed by atoms with Gasteiger partial charge in [0.25, 0.3) is 0 Å². The molecule has 0 aliphatic carbocycles. The zero-order valence-corrected chi connectivity index (χ0v) is 13.1. The topological polar surface area (TPSA) is 64.7 Å². The molecule has 0 fully saturated rings. The highest BCUT2D eigenvalue weighted by Crippen LogP contribution is 2.23. The zero-order chi connectivity index (χ0) is 16.1. The highest BCUT2D eigenvalue weighted by Gasteiger charge is 2.13. The van der Waals surface area contributed by atoms with Crippen LogP contribution < -0.4 is 5.73 Å². The number of carbonyl (C=O) groups excluding carboxylic acids is 1. The Balaban J connectivity index is 2.15. The van der Waals surface area contributed by atoms with Crippen molar-refractivity contribution in [1.82, 2.24) is 0 Å². The minimum Gasteiger partial charge on any atom is -0.380 e. The molecule has 22 heavy (non-hydrogen) atoms. The van der Waals surface area contributed by atoms with Crippen LogP contribution in [0.4, 0.5) is 4.39 Å². The van der Waals surface area contributed by atoms with Crippen molar-refractivity contribution >= 4 is 35.2 Å². The SMILES string of the molecule is CSc1ccc(Cl)c(C(=O)O/N=C(\N)c2ccc(F)cc2)c1. The van der Waals surface area contributed by atoms with Gasteiger partial charge in [0.05, 0.1) is 10.6 Å². The number of halogens is 2. The summed E-state index contributed by atoms with van der Waals surface area (Å²) in [4.78, 5) is 17.6. The molecule has 0 atom stereocenters. The highest BCUT2D eigenvalue weighted by molar-refractivity contribution is 7.98. The number of hydrogen-bond donors (Lipinski definition) is 1. The Labute approximate surface area is 136 Å². The lowest BCUT2D eigenvalue weighted by Gasteiger charge is -2.04. The second kappa shape index (κ2) is 7.29. The minimum absolute atomic E-state index is 0.0366. The van der Waals surface area contributed by atoms with Crippen LogP contribution in [0.15, 0.2) is 52.5 Å².